The van der Waals surface area contributed by atoms with E-state index in [1.807, 2.05) is 0 Å². The van der Waals surface area contributed by atoms with E-state index in [4.69, 9.17) is 23.2 Å². The van der Waals surface area contributed by atoms with Crippen LogP contribution in [0.15, 0.2) is 60.7 Å². The predicted octanol–water partition coefficient (Wildman–Crippen LogP) is 4.21. The maximum atomic E-state index is 14.1. The fourth-order valence-electron chi connectivity index (χ4n) is 2.14. The van der Waals surface area contributed by atoms with Gasteiger partial charge in [0.15, 0.2) is 0 Å². The lowest BCUT2D eigenvalue weighted by molar-refractivity contribution is -0.127. The largest absolute Gasteiger partial charge is 0.370 e. The molecule has 0 heterocycles. The molecule has 0 saturated heterocycles. The number of hydrogen-bond donors (Lipinski definition) is 2. The molecule has 0 saturated carbocycles. The van der Waals surface area contributed by atoms with Gasteiger partial charge in [-0.3, -0.25) is 9.59 Å². The van der Waals surface area contributed by atoms with E-state index in [0.29, 0.717) is 0 Å². The molecule has 2 aromatic rings. The second-order valence-electron chi connectivity index (χ2n) is 5.39. The molecule has 0 aliphatic rings. The molecule has 10 heteroatoms. The topological polar surface area (TPSA) is 58.2 Å². The van der Waals surface area contributed by atoms with Crippen LogP contribution < -0.4 is 10.6 Å². The molecule has 2 aromatic carbocycles. The van der Waals surface area contributed by atoms with Gasteiger partial charge >= 0.3 is 10.8 Å². The van der Waals surface area contributed by atoms with Gasteiger partial charge in [0.25, 0.3) is 17.5 Å². The third kappa shape index (κ3) is 4.51. The molecule has 0 atom stereocenters. The van der Waals surface area contributed by atoms with Crippen LogP contribution in [0.2, 0.25) is 0 Å². The van der Waals surface area contributed by atoms with Crippen LogP contribution in [-0.4, -0.2) is 28.2 Å². The maximum Gasteiger partial charge on any atom is 0.370 e. The number of carbonyl (C=O) groups excluding carboxylic acids is 2. The number of nitrogens with one attached hydrogen (secondary N) is 2. The third-order valence-corrected chi connectivity index (χ3v) is 4.09. The van der Waals surface area contributed by atoms with Crippen molar-refractivity contribution in [2.45, 2.75) is 16.4 Å². The standard InChI is InChI=1S/C17H12Cl2F4N2O2/c18-16(20,21)15(17(19,22)23,24-13(26)11-7-3-1-4-8-11)25-14(27)12-9-5-2-6-10-12/h1-10H,(H,24,26)(H,25,27). The van der Waals surface area contributed by atoms with Crippen LogP contribution >= 0.6 is 23.2 Å². The SMILES string of the molecule is O=C(NC(NC(=O)c1ccccc1)(C(F)(F)Cl)C(F)(F)Cl)c1ccccc1. The minimum absolute atomic E-state index is 0.224. The molecule has 0 aliphatic heterocycles. The molecule has 2 rings (SSSR count). The lowest BCUT2D eigenvalue weighted by Crippen LogP contribution is -2.75. The monoisotopic (exact) mass is 422 g/mol. The Balaban J connectivity index is 2.47. The number of alkyl halides is 6. The molecule has 144 valence electrons. The number of amides is 2. The Kier molecular flexibility index (Phi) is 6.01. The average molecular weight is 423 g/mol. The van der Waals surface area contributed by atoms with E-state index < -0.39 is 28.2 Å². The first-order valence-electron chi connectivity index (χ1n) is 7.36. The number of rotatable bonds is 6. The summed E-state index contributed by atoms with van der Waals surface area (Å²) in [4.78, 5) is 24.5. The number of benzene rings is 2. The van der Waals surface area contributed by atoms with Gasteiger partial charge in [-0.1, -0.05) is 36.4 Å². The minimum atomic E-state index is -4.85. The number of carbonyl (C=O) groups is 2. The summed E-state index contributed by atoms with van der Waals surface area (Å²) in [5, 5.41) is -6.92. The molecule has 2 amide bonds. The predicted molar refractivity (Wildman–Crippen MR) is 92.1 cm³/mol. The second kappa shape index (κ2) is 7.74. The Bertz CT molecular complexity index is 740. The molecule has 0 spiro atoms. The highest BCUT2D eigenvalue weighted by atomic mass is 35.5. The van der Waals surface area contributed by atoms with Crippen molar-refractivity contribution in [3.05, 3.63) is 71.8 Å². The quantitative estimate of drug-likeness (QED) is 0.416. The zero-order valence-corrected chi connectivity index (χ0v) is 14.9. The summed E-state index contributed by atoms with van der Waals surface area (Å²) >= 11 is 9.75. The molecule has 0 unspecified atom stereocenters. The molecule has 2 N–H and O–H groups in total. The van der Waals surface area contributed by atoms with Crippen molar-refractivity contribution in [3.8, 4) is 0 Å². The van der Waals surface area contributed by atoms with E-state index in [1.165, 1.54) is 71.3 Å². The van der Waals surface area contributed by atoms with Gasteiger partial charge < -0.3 is 10.6 Å². The van der Waals surface area contributed by atoms with Crippen molar-refractivity contribution in [2.24, 2.45) is 0 Å². The molecule has 0 bridgehead atoms. The summed E-state index contributed by atoms with van der Waals surface area (Å²) in [6.45, 7) is 0. The molecule has 0 aromatic heterocycles. The lowest BCUT2D eigenvalue weighted by atomic mass is 10.1. The summed E-state index contributed by atoms with van der Waals surface area (Å²) in [6, 6.07) is 13.4. The van der Waals surface area contributed by atoms with Crippen LogP contribution in [0, 0.1) is 0 Å². The molecule has 0 radical (unpaired) electrons. The first-order valence-corrected chi connectivity index (χ1v) is 8.12. The lowest BCUT2D eigenvalue weighted by Gasteiger charge is -2.40. The minimum Gasteiger partial charge on any atom is -0.317 e. The fourth-order valence-corrected chi connectivity index (χ4v) is 2.61. The van der Waals surface area contributed by atoms with Gasteiger partial charge in [0.05, 0.1) is 0 Å². The summed E-state index contributed by atoms with van der Waals surface area (Å²) in [5.41, 5.74) is -4.56. The van der Waals surface area contributed by atoms with Crippen LogP contribution in [0.5, 0.6) is 0 Å². The van der Waals surface area contributed by atoms with Gasteiger partial charge in [-0.15, -0.1) is 0 Å². The van der Waals surface area contributed by atoms with Crippen molar-refractivity contribution >= 4 is 35.0 Å². The van der Waals surface area contributed by atoms with E-state index in [-0.39, 0.29) is 11.1 Å². The first kappa shape index (κ1) is 21.0. The average Bonchev–Trinajstić information content (AvgIpc) is 2.60. The van der Waals surface area contributed by atoms with Gasteiger partial charge in [-0.05, 0) is 47.5 Å². The van der Waals surface area contributed by atoms with E-state index in [0.717, 1.165) is 0 Å². The van der Waals surface area contributed by atoms with Gasteiger partial charge in [-0.25, -0.2) is 0 Å². The van der Waals surface area contributed by atoms with Crippen LogP contribution in [-0.2, 0) is 0 Å². The zero-order valence-electron chi connectivity index (χ0n) is 13.4. The van der Waals surface area contributed by atoms with Crippen molar-refractivity contribution in [2.75, 3.05) is 0 Å². The Labute approximate surface area is 161 Å². The number of halogens is 6. The third-order valence-electron chi connectivity index (χ3n) is 3.52. The van der Waals surface area contributed by atoms with Gasteiger partial charge in [0.2, 0.25) is 0 Å². The second-order valence-corrected chi connectivity index (χ2v) is 6.34. The highest BCUT2D eigenvalue weighted by Crippen LogP contribution is 2.44. The molecular formula is C17H12Cl2F4N2O2. The van der Waals surface area contributed by atoms with E-state index >= 15 is 0 Å². The fraction of sp³-hybridized carbons (Fsp3) is 0.176. The van der Waals surface area contributed by atoms with Gasteiger partial charge in [0.1, 0.15) is 0 Å². The van der Waals surface area contributed by atoms with Crippen molar-refractivity contribution < 1.29 is 27.2 Å². The molecule has 0 aliphatic carbocycles. The van der Waals surface area contributed by atoms with Crippen molar-refractivity contribution in [3.63, 3.8) is 0 Å². The van der Waals surface area contributed by atoms with E-state index in [2.05, 4.69) is 0 Å². The van der Waals surface area contributed by atoms with Crippen molar-refractivity contribution in [1.82, 2.24) is 10.6 Å². The van der Waals surface area contributed by atoms with E-state index in [9.17, 15) is 27.2 Å². The van der Waals surface area contributed by atoms with Crippen LogP contribution in [0.4, 0.5) is 17.6 Å². The molecule has 4 nitrogen and oxygen atoms in total. The Morgan fingerprint density at radius 3 is 1.22 bits per heavy atom. The highest BCUT2D eigenvalue weighted by Gasteiger charge is 2.70. The van der Waals surface area contributed by atoms with Gasteiger partial charge in [-0.2, -0.15) is 17.6 Å². The van der Waals surface area contributed by atoms with Gasteiger partial charge in [0, 0.05) is 11.1 Å². The smallest absolute Gasteiger partial charge is 0.317 e. The normalized spacial score (nSPS) is 12.4. The highest BCUT2D eigenvalue weighted by molar-refractivity contribution is 6.27. The maximum absolute atomic E-state index is 14.1. The van der Waals surface area contributed by atoms with E-state index in [1.54, 1.807) is 0 Å². The summed E-state index contributed by atoms with van der Waals surface area (Å²) in [6.07, 6.45) is 0. The van der Waals surface area contributed by atoms with Crippen LogP contribution in [0.1, 0.15) is 20.7 Å². The summed E-state index contributed by atoms with van der Waals surface area (Å²) in [7, 11) is 0. The zero-order chi connectivity index (χ0) is 20.3. The molecular weight excluding hydrogens is 411 g/mol. The molecule has 27 heavy (non-hydrogen) atoms. The van der Waals surface area contributed by atoms with Crippen molar-refractivity contribution in [1.29, 1.82) is 0 Å². The Morgan fingerprint density at radius 1 is 0.667 bits per heavy atom. The summed E-state index contributed by atoms with van der Waals surface area (Å²) < 4.78 is 56.2. The van der Waals surface area contributed by atoms with Crippen LogP contribution in [0.3, 0.4) is 0 Å². The number of hydrogen-bond acceptors (Lipinski definition) is 2. The van der Waals surface area contributed by atoms with Crippen LogP contribution in [0.25, 0.3) is 0 Å². The first-order chi connectivity index (χ1) is 12.5. The summed E-state index contributed by atoms with van der Waals surface area (Å²) in [5.74, 6) is -2.69. The molecule has 0 fully saturated rings. The Morgan fingerprint density at radius 2 is 0.963 bits per heavy atom. The Hall–Kier alpha value is -2.32.